The number of aliphatic hydroxyl groups excluding tert-OH is 3. The Balaban J connectivity index is 2.52. The lowest BCUT2D eigenvalue weighted by atomic mass is 10.1. The second-order valence-corrected chi connectivity index (χ2v) is 2.56. The van der Waals surface area contributed by atoms with E-state index in [2.05, 4.69) is 5.32 Å². The molecule has 1 fully saturated rings. The monoisotopic (exact) mass is 161 g/mol. The van der Waals surface area contributed by atoms with Gasteiger partial charge in [0.2, 0.25) is 0 Å². The van der Waals surface area contributed by atoms with Crippen LogP contribution in [0.4, 0.5) is 0 Å². The van der Waals surface area contributed by atoms with Gasteiger partial charge >= 0.3 is 0 Å². The van der Waals surface area contributed by atoms with Gasteiger partial charge in [0.1, 0.15) is 6.10 Å². The number of carbonyl (C=O) groups excluding carboxylic acids is 1. The van der Waals surface area contributed by atoms with Crippen LogP contribution in [0.15, 0.2) is 0 Å². The van der Waals surface area contributed by atoms with Crippen LogP contribution in [0.2, 0.25) is 0 Å². The lowest BCUT2D eigenvalue weighted by Gasteiger charge is -2.12. The summed E-state index contributed by atoms with van der Waals surface area (Å²) in [5, 5.41) is 28.9. The normalized spacial score (nSPS) is 37.4. The fraction of sp³-hybridized carbons (Fsp3) is 0.833. The molecule has 11 heavy (non-hydrogen) atoms. The minimum atomic E-state index is -1.34. The van der Waals surface area contributed by atoms with Crippen LogP contribution in [-0.2, 0) is 4.79 Å². The van der Waals surface area contributed by atoms with Crippen molar-refractivity contribution >= 4 is 5.91 Å². The van der Waals surface area contributed by atoms with Gasteiger partial charge in [0, 0.05) is 6.61 Å². The lowest BCUT2D eigenvalue weighted by Crippen LogP contribution is -2.33. The number of carbonyl (C=O) groups is 1. The Morgan fingerprint density at radius 1 is 1.45 bits per heavy atom. The zero-order valence-electron chi connectivity index (χ0n) is 5.90. The van der Waals surface area contributed by atoms with Crippen molar-refractivity contribution in [3.05, 3.63) is 0 Å². The Morgan fingerprint density at radius 2 is 2.09 bits per heavy atom. The van der Waals surface area contributed by atoms with Crippen LogP contribution in [0.5, 0.6) is 0 Å². The van der Waals surface area contributed by atoms with E-state index in [1.807, 2.05) is 0 Å². The van der Waals surface area contributed by atoms with Crippen LogP contribution in [0, 0.1) is 0 Å². The van der Waals surface area contributed by atoms with Crippen molar-refractivity contribution in [3.63, 3.8) is 0 Å². The number of aliphatic hydroxyl groups is 3. The molecule has 1 heterocycles. The van der Waals surface area contributed by atoms with Gasteiger partial charge in [-0.1, -0.05) is 0 Å². The van der Waals surface area contributed by atoms with Crippen LogP contribution in [0.3, 0.4) is 0 Å². The largest absolute Gasteiger partial charge is 0.396 e. The highest BCUT2D eigenvalue weighted by Gasteiger charge is 2.39. The first-order chi connectivity index (χ1) is 5.16. The predicted octanol–water partition coefficient (Wildman–Crippen LogP) is -2.41. The molecule has 1 amide bonds. The van der Waals surface area contributed by atoms with Gasteiger partial charge in [-0.25, -0.2) is 0 Å². The van der Waals surface area contributed by atoms with Gasteiger partial charge in [-0.3, -0.25) is 4.79 Å². The third-order valence-corrected chi connectivity index (χ3v) is 1.77. The lowest BCUT2D eigenvalue weighted by molar-refractivity contribution is -0.128. The van der Waals surface area contributed by atoms with Crippen LogP contribution in [-0.4, -0.2) is 46.1 Å². The minimum absolute atomic E-state index is 0.116. The molecule has 0 aromatic carbocycles. The molecule has 3 unspecified atom stereocenters. The third-order valence-electron chi connectivity index (χ3n) is 1.77. The average Bonchev–Trinajstić information content (AvgIpc) is 2.19. The molecular weight excluding hydrogens is 150 g/mol. The van der Waals surface area contributed by atoms with E-state index < -0.39 is 24.2 Å². The molecule has 1 rings (SSSR count). The van der Waals surface area contributed by atoms with Crippen molar-refractivity contribution in [2.45, 2.75) is 24.7 Å². The van der Waals surface area contributed by atoms with Gasteiger partial charge in [0.15, 0.2) is 6.10 Å². The average molecular weight is 161 g/mol. The van der Waals surface area contributed by atoms with Crippen molar-refractivity contribution in [1.29, 1.82) is 0 Å². The summed E-state index contributed by atoms with van der Waals surface area (Å²) in [6, 6.07) is -0.512. The summed E-state index contributed by atoms with van der Waals surface area (Å²) in [6.45, 7) is -0.116. The number of amides is 1. The van der Waals surface area contributed by atoms with E-state index in [1.165, 1.54) is 0 Å². The van der Waals surface area contributed by atoms with Gasteiger partial charge in [0.05, 0.1) is 6.04 Å². The van der Waals surface area contributed by atoms with E-state index in [0.717, 1.165) is 0 Å². The van der Waals surface area contributed by atoms with Gasteiger partial charge < -0.3 is 20.6 Å². The predicted molar refractivity (Wildman–Crippen MR) is 35.6 cm³/mol. The molecule has 1 aliphatic heterocycles. The third kappa shape index (κ3) is 1.50. The Kier molecular flexibility index (Phi) is 2.43. The molecule has 0 aromatic rings. The maximum atomic E-state index is 10.7. The van der Waals surface area contributed by atoms with Crippen molar-refractivity contribution < 1.29 is 20.1 Å². The summed E-state index contributed by atoms with van der Waals surface area (Å²) in [5.74, 6) is -0.573. The molecule has 0 bridgehead atoms. The van der Waals surface area contributed by atoms with Gasteiger partial charge in [-0.2, -0.15) is 0 Å². The standard InChI is InChI=1S/C6H11NO4/c8-2-1-3-4(9)5(10)6(11)7-3/h3-5,8-10H,1-2H2,(H,7,11). The fourth-order valence-electron chi connectivity index (χ4n) is 1.11. The molecule has 0 aromatic heterocycles. The van der Waals surface area contributed by atoms with E-state index in [-0.39, 0.29) is 13.0 Å². The first-order valence-electron chi connectivity index (χ1n) is 3.44. The van der Waals surface area contributed by atoms with E-state index >= 15 is 0 Å². The quantitative estimate of drug-likeness (QED) is 0.363. The molecule has 0 spiro atoms. The zero-order valence-corrected chi connectivity index (χ0v) is 5.90. The molecule has 1 aliphatic rings. The van der Waals surface area contributed by atoms with E-state index in [9.17, 15) is 4.79 Å². The van der Waals surface area contributed by atoms with Crippen molar-refractivity contribution in [2.24, 2.45) is 0 Å². The second-order valence-electron chi connectivity index (χ2n) is 2.56. The highest BCUT2D eigenvalue weighted by molar-refractivity contribution is 5.84. The minimum Gasteiger partial charge on any atom is -0.396 e. The summed E-state index contributed by atoms with van der Waals surface area (Å²) >= 11 is 0. The molecular formula is C6H11NO4. The van der Waals surface area contributed by atoms with E-state index in [0.29, 0.717) is 0 Å². The first kappa shape index (κ1) is 8.45. The number of hydrogen-bond donors (Lipinski definition) is 4. The van der Waals surface area contributed by atoms with Crippen LogP contribution >= 0.6 is 0 Å². The Bertz CT molecular complexity index is 161. The summed E-state index contributed by atoms with van der Waals surface area (Å²) < 4.78 is 0. The summed E-state index contributed by atoms with van der Waals surface area (Å²) in [5.41, 5.74) is 0. The number of rotatable bonds is 2. The van der Waals surface area contributed by atoms with E-state index in [1.54, 1.807) is 0 Å². The van der Waals surface area contributed by atoms with Crippen molar-refractivity contribution in [1.82, 2.24) is 5.32 Å². The maximum Gasteiger partial charge on any atom is 0.251 e. The molecule has 64 valence electrons. The van der Waals surface area contributed by atoms with Gasteiger partial charge in [0.25, 0.3) is 5.91 Å². The highest BCUT2D eigenvalue weighted by atomic mass is 16.3. The van der Waals surface area contributed by atoms with Crippen LogP contribution < -0.4 is 5.32 Å². The summed E-state index contributed by atoms with van der Waals surface area (Å²) in [6.07, 6.45) is -2.16. The highest BCUT2D eigenvalue weighted by Crippen LogP contribution is 2.11. The Labute approximate surface area is 63.7 Å². The van der Waals surface area contributed by atoms with Crippen molar-refractivity contribution in [2.75, 3.05) is 6.61 Å². The first-order valence-corrected chi connectivity index (χ1v) is 3.44. The van der Waals surface area contributed by atoms with E-state index in [4.69, 9.17) is 15.3 Å². The molecule has 5 heteroatoms. The molecule has 0 radical (unpaired) electrons. The van der Waals surface area contributed by atoms with Gasteiger partial charge in [-0.15, -0.1) is 0 Å². The number of hydrogen-bond acceptors (Lipinski definition) is 4. The number of nitrogens with one attached hydrogen (secondary N) is 1. The van der Waals surface area contributed by atoms with Crippen molar-refractivity contribution in [3.8, 4) is 0 Å². The molecule has 3 atom stereocenters. The van der Waals surface area contributed by atoms with Gasteiger partial charge in [-0.05, 0) is 6.42 Å². The molecule has 0 saturated carbocycles. The van der Waals surface area contributed by atoms with Crippen LogP contribution in [0.25, 0.3) is 0 Å². The summed E-state index contributed by atoms with van der Waals surface area (Å²) in [4.78, 5) is 10.7. The summed E-state index contributed by atoms with van der Waals surface area (Å²) in [7, 11) is 0. The fourth-order valence-corrected chi connectivity index (χ4v) is 1.11. The molecule has 0 aliphatic carbocycles. The maximum absolute atomic E-state index is 10.7. The molecule has 5 nitrogen and oxygen atoms in total. The molecule has 4 N–H and O–H groups in total. The Hall–Kier alpha value is -0.650. The van der Waals surface area contributed by atoms with Crippen LogP contribution in [0.1, 0.15) is 6.42 Å². The second kappa shape index (κ2) is 3.17. The topological polar surface area (TPSA) is 89.8 Å². The molecule has 1 saturated heterocycles. The smallest absolute Gasteiger partial charge is 0.251 e. The SMILES string of the molecule is O=C1NC(CCO)C(O)C1O. The zero-order chi connectivity index (χ0) is 8.43. The Morgan fingerprint density at radius 3 is 2.45 bits per heavy atom.